The van der Waals surface area contributed by atoms with Gasteiger partial charge in [0.1, 0.15) is 0 Å². The van der Waals surface area contributed by atoms with Crippen LogP contribution >= 0.6 is 15.9 Å². The molecule has 15 heavy (non-hydrogen) atoms. The number of carbonyl (C=O) groups is 2. The van der Waals surface area contributed by atoms with E-state index in [2.05, 4.69) is 15.9 Å². The van der Waals surface area contributed by atoms with Gasteiger partial charge in [-0.25, -0.2) is 4.79 Å². The van der Waals surface area contributed by atoms with Gasteiger partial charge < -0.3 is 5.11 Å². The summed E-state index contributed by atoms with van der Waals surface area (Å²) in [5, 5.41) is 8.30. The summed E-state index contributed by atoms with van der Waals surface area (Å²) in [6.07, 6.45) is 2.49. The molecule has 0 bridgehead atoms. The van der Waals surface area contributed by atoms with Crippen LogP contribution in [0.1, 0.15) is 5.56 Å². The first-order valence-corrected chi connectivity index (χ1v) is 4.60. The zero-order valence-corrected chi connectivity index (χ0v) is 8.69. The van der Waals surface area contributed by atoms with E-state index < -0.39 is 11.8 Å². The van der Waals surface area contributed by atoms with Crippen LogP contribution in [0.4, 0.5) is 0 Å². The number of hydrogen-bond acceptors (Lipinski definition) is 2. The summed E-state index contributed by atoms with van der Waals surface area (Å²) in [4.78, 5) is 20.9. The van der Waals surface area contributed by atoms with Gasteiger partial charge in [0.25, 0.3) is 5.78 Å². The summed E-state index contributed by atoms with van der Waals surface area (Å²) in [6, 6.07) is 7.17. The molecular formula is C10H8BrKO3. The fourth-order valence-corrected chi connectivity index (χ4v) is 1.08. The molecule has 0 atom stereocenters. The quantitative estimate of drug-likeness (QED) is 0.522. The van der Waals surface area contributed by atoms with E-state index in [9.17, 15) is 9.59 Å². The molecule has 1 aromatic rings. The van der Waals surface area contributed by atoms with E-state index in [1.54, 1.807) is 12.1 Å². The van der Waals surface area contributed by atoms with Crippen LogP contribution in [0, 0.1) is 0 Å². The molecule has 1 rings (SSSR count). The Balaban J connectivity index is 0.00000196. The van der Waals surface area contributed by atoms with Crippen molar-refractivity contribution >= 4 is 85.1 Å². The fourth-order valence-electron chi connectivity index (χ4n) is 0.817. The SMILES string of the molecule is O=C(O)C(=O)C=Cc1ccc(Br)cc1.[KH]. The zero-order chi connectivity index (χ0) is 10.6. The Morgan fingerprint density at radius 1 is 1.20 bits per heavy atom. The van der Waals surface area contributed by atoms with E-state index in [-0.39, 0.29) is 51.4 Å². The van der Waals surface area contributed by atoms with Crippen LogP contribution in [-0.4, -0.2) is 68.2 Å². The van der Waals surface area contributed by atoms with Crippen molar-refractivity contribution in [3.63, 3.8) is 0 Å². The maximum atomic E-state index is 10.7. The van der Waals surface area contributed by atoms with Gasteiger partial charge in [-0.3, -0.25) is 4.79 Å². The Bertz CT molecular complexity index is 384. The second kappa shape index (κ2) is 7.48. The molecule has 0 unspecified atom stereocenters. The Kier molecular flexibility index (Phi) is 7.59. The van der Waals surface area contributed by atoms with Crippen molar-refractivity contribution in [1.29, 1.82) is 0 Å². The first-order valence-electron chi connectivity index (χ1n) is 3.80. The number of carboxylic acid groups (broad SMARTS) is 1. The van der Waals surface area contributed by atoms with Crippen LogP contribution in [0.25, 0.3) is 6.08 Å². The average Bonchev–Trinajstić information content (AvgIpc) is 2.16. The number of halogens is 1. The van der Waals surface area contributed by atoms with Crippen molar-refractivity contribution in [2.75, 3.05) is 0 Å². The number of carboxylic acids is 1. The molecule has 0 radical (unpaired) electrons. The van der Waals surface area contributed by atoms with E-state index in [1.807, 2.05) is 12.1 Å². The summed E-state index contributed by atoms with van der Waals surface area (Å²) >= 11 is 3.26. The molecule has 0 saturated heterocycles. The van der Waals surface area contributed by atoms with E-state index in [1.165, 1.54) is 6.08 Å². The molecule has 1 N–H and O–H groups in total. The van der Waals surface area contributed by atoms with E-state index in [4.69, 9.17) is 5.11 Å². The number of ketones is 1. The third-order valence-electron chi connectivity index (χ3n) is 1.51. The Hall–Kier alpha value is 0.216. The van der Waals surface area contributed by atoms with Crippen molar-refractivity contribution in [3.8, 4) is 0 Å². The molecule has 0 heterocycles. The van der Waals surface area contributed by atoms with Gasteiger partial charge in [0, 0.05) is 4.47 Å². The van der Waals surface area contributed by atoms with Crippen molar-refractivity contribution in [1.82, 2.24) is 0 Å². The van der Waals surface area contributed by atoms with E-state index in [0.717, 1.165) is 16.1 Å². The molecule has 0 aliphatic heterocycles. The minimum absolute atomic E-state index is 0. The molecular weight excluding hydrogens is 287 g/mol. The summed E-state index contributed by atoms with van der Waals surface area (Å²) in [6.45, 7) is 0. The average molecular weight is 295 g/mol. The third kappa shape index (κ3) is 5.75. The van der Waals surface area contributed by atoms with Gasteiger partial charge in [0.2, 0.25) is 0 Å². The van der Waals surface area contributed by atoms with Gasteiger partial charge in [0.15, 0.2) is 0 Å². The standard InChI is InChI=1S/C10H7BrO3.K.H/c11-8-4-1-7(2-5-8)3-6-9(12)10(13)14;;/h1-6H,(H,13,14);;. The second-order valence-corrected chi connectivity index (χ2v) is 3.47. The predicted octanol–water partition coefficient (Wildman–Crippen LogP) is 1.47. The summed E-state index contributed by atoms with van der Waals surface area (Å²) in [7, 11) is 0. The van der Waals surface area contributed by atoms with Crippen LogP contribution in [0.2, 0.25) is 0 Å². The van der Waals surface area contributed by atoms with Crippen LogP contribution in [0.3, 0.4) is 0 Å². The van der Waals surface area contributed by atoms with Gasteiger partial charge in [0.05, 0.1) is 0 Å². The first-order chi connectivity index (χ1) is 6.59. The second-order valence-electron chi connectivity index (χ2n) is 2.55. The number of benzene rings is 1. The summed E-state index contributed by atoms with van der Waals surface area (Å²) in [5.41, 5.74) is 0.780. The van der Waals surface area contributed by atoms with Crippen molar-refractivity contribution in [2.45, 2.75) is 0 Å². The molecule has 74 valence electrons. The van der Waals surface area contributed by atoms with Gasteiger partial charge in [-0.05, 0) is 23.8 Å². The Labute approximate surface area is 138 Å². The van der Waals surface area contributed by atoms with Crippen LogP contribution < -0.4 is 0 Å². The number of carbonyl (C=O) groups excluding carboxylic acids is 1. The monoisotopic (exact) mass is 294 g/mol. The summed E-state index contributed by atoms with van der Waals surface area (Å²) < 4.78 is 0.930. The summed E-state index contributed by atoms with van der Waals surface area (Å²) in [5.74, 6) is -2.37. The van der Waals surface area contributed by atoms with Gasteiger partial charge in [-0.15, -0.1) is 0 Å². The van der Waals surface area contributed by atoms with Gasteiger partial charge in [-0.1, -0.05) is 34.1 Å². The third-order valence-corrected chi connectivity index (χ3v) is 2.04. The first kappa shape index (κ1) is 15.2. The van der Waals surface area contributed by atoms with Crippen molar-refractivity contribution < 1.29 is 14.7 Å². The van der Waals surface area contributed by atoms with Crippen LogP contribution in [0.5, 0.6) is 0 Å². The maximum absolute atomic E-state index is 10.7. The van der Waals surface area contributed by atoms with Crippen LogP contribution in [-0.2, 0) is 9.59 Å². The van der Waals surface area contributed by atoms with Crippen LogP contribution in [0.15, 0.2) is 34.8 Å². The van der Waals surface area contributed by atoms with Crippen molar-refractivity contribution in [3.05, 3.63) is 40.4 Å². The van der Waals surface area contributed by atoms with E-state index >= 15 is 0 Å². The molecule has 0 aliphatic rings. The molecule has 0 fully saturated rings. The molecule has 0 aromatic heterocycles. The van der Waals surface area contributed by atoms with Crippen molar-refractivity contribution in [2.24, 2.45) is 0 Å². The number of rotatable bonds is 3. The zero-order valence-electron chi connectivity index (χ0n) is 7.11. The molecule has 5 heteroatoms. The minimum atomic E-state index is -1.45. The Morgan fingerprint density at radius 3 is 2.20 bits per heavy atom. The molecule has 0 spiro atoms. The fraction of sp³-hybridized carbons (Fsp3) is 0. The predicted molar refractivity (Wildman–Crippen MR) is 63.0 cm³/mol. The number of aliphatic carboxylic acids is 1. The van der Waals surface area contributed by atoms with E-state index in [0.29, 0.717) is 0 Å². The Morgan fingerprint density at radius 2 is 1.73 bits per heavy atom. The normalized spacial score (nSPS) is 9.67. The van der Waals surface area contributed by atoms with Gasteiger partial charge in [-0.2, -0.15) is 0 Å². The molecule has 0 aliphatic carbocycles. The molecule has 1 aromatic carbocycles. The van der Waals surface area contributed by atoms with Gasteiger partial charge >= 0.3 is 57.4 Å². The topological polar surface area (TPSA) is 54.4 Å². The molecule has 0 saturated carbocycles. The number of hydrogen-bond donors (Lipinski definition) is 1. The molecule has 0 amide bonds. The molecule has 3 nitrogen and oxygen atoms in total.